The van der Waals surface area contributed by atoms with Crippen molar-refractivity contribution in [2.24, 2.45) is 28.3 Å². The van der Waals surface area contributed by atoms with Gasteiger partial charge in [-0.25, -0.2) is 4.79 Å². The number of aliphatic hydroxyl groups is 1. The van der Waals surface area contributed by atoms with E-state index in [2.05, 4.69) is 9.89 Å². The zero-order chi connectivity index (χ0) is 21.0. The number of aliphatic carboxylic acids is 1. The molecule has 0 aromatic heterocycles. The molecule has 6 atom stereocenters. The Kier molecular flexibility index (Phi) is 5.28. The molecule has 0 unspecified atom stereocenters. The van der Waals surface area contributed by atoms with Crippen LogP contribution in [-0.4, -0.2) is 80.4 Å². The first-order valence-electron chi connectivity index (χ1n) is 10.2. The first kappa shape index (κ1) is 20.5. The summed E-state index contributed by atoms with van der Waals surface area (Å²) in [4.78, 5) is 33.1. The lowest BCUT2D eigenvalue weighted by atomic mass is 9.79. The molecule has 6 N–H and O–H groups in total. The molecule has 3 aliphatic heterocycles. The monoisotopic (exact) mass is 423 g/mol. The molecule has 9 nitrogen and oxygen atoms in total. The fraction of sp³-hybridized carbons (Fsp3) is 0.737. The van der Waals surface area contributed by atoms with Gasteiger partial charge in [-0.15, -0.1) is 11.8 Å². The number of carbonyl (C=O) groups excluding carboxylic acids is 1. The number of rotatable bonds is 6. The van der Waals surface area contributed by atoms with E-state index in [0.29, 0.717) is 11.3 Å². The van der Waals surface area contributed by atoms with Gasteiger partial charge in [-0.3, -0.25) is 14.7 Å². The smallest absolute Gasteiger partial charge is 0.353 e. The van der Waals surface area contributed by atoms with Gasteiger partial charge < -0.3 is 26.6 Å². The predicted molar refractivity (Wildman–Crippen MR) is 110 cm³/mol. The second-order valence-corrected chi connectivity index (χ2v) is 9.98. The van der Waals surface area contributed by atoms with E-state index < -0.39 is 18.0 Å². The zero-order valence-corrected chi connectivity index (χ0v) is 17.5. The Balaban J connectivity index is 1.39. The van der Waals surface area contributed by atoms with Crippen molar-refractivity contribution in [3.8, 4) is 0 Å². The van der Waals surface area contributed by atoms with Crippen molar-refractivity contribution >= 4 is 29.6 Å². The summed E-state index contributed by atoms with van der Waals surface area (Å²) in [6.07, 6.45) is 2.24. The highest BCUT2D eigenvalue weighted by Crippen LogP contribution is 2.52. The van der Waals surface area contributed by atoms with E-state index in [4.69, 9.17) is 11.5 Å². The SMILES string of the molecule is C[C@@H](O)[C@H]1C(=O)N2C(C(=O)O)=C(SC3CN([C@H]4CC[C@H](N=C(N)N)C4)C3)[C@H](C)[C@H]12. The molecule has 4 rings (SSSR count). The highest BCUT2D eigenvalue weighted by atomic mass is 32.2. The number of guanidine groups is 1. The predicted octanol–water partition coefficient (Wildman–Crippen LogP) is -0.248. The number of likely N-dealkylation sites (tertiary alicyclic amines) is 1. The lowest BCUT2D eigenvalue weighted by molar-refractivity contribution is -0.163. The molecule has 2 saturated heterocycles. The van der Waals surface area contributed by atoms with Crippen LogP contribution in [0.1, 0.15) is 33.1 Å². The minimum Gasteiger partial charge on any atom is -0.477 e. The van der Waals surface area contributed by atoms with Gasteiger partial charge in [-0.1, -0.05) is 6.92 Å². The van der Waals surface area contributed by atoms with Crippen LogP contribution in [0.3, 0.4) is 0 Å². The molecule has 10 heteroatoms. The lowest BCUT2D eigenvalue weighted by Crippen LogP contribution is -2.63. The van der Waals surface area contributed by atoms with Crippen molar-refractivity contribution in [2.75, 3.05) is 13.1 Å². The molecule has 3 heterocycles. The van der Waals surface area contributed by atoms with Crippen LogP contribution in [-0.2, 0) is 9.59 Å². The maximum Gasteiger partial charge on any atom is 0.353 e. The van der Waals surface area contributed by atoms with Crippen molar-refractivity contribution in [3.63, 3.8) is 0 Å². The van der Waals surface area contributed by atoms with Gasteiger partial charge in [0, 0.05) is 35.2 Å². The fourth-order valence-corrected chi connectivity index (χ4v) is 6.84. The van der Waals surface area contributed by atoms with Gasteiger partial charge in [0.1, 0.15) is 5.70 Å². The average molecular weight is 424 g/mol. The van der Waals surface area contributed by atoms with Crippen LogP contribution in [0.15, 0.2) is 15.6 Å². The molecule has 29 heavy (non-hydrogen) atoms. The Bertz CT molecular complexity index is 775. The Labute approximate surface area is 174 Å². The molecule has 4 aliphatic rings. The quantitative estimate of drug-likeness (QED) is 0.260. The van der Waals surface area contributed by atoms with Crippen LogP contribution in [0, 0.1) is 11.8 Å². The van der Waals surface area contributed by atoms with Crippen LogP contribution in [0.25, 0.3) is 0 Å². The number of amides is 1. The lowest BCUT2D eigenvalue weighted by Gasteiger charge is -2.46. The number of carboxylic acid groups (broad SMARTS) is 1. The number of nitrogens with zero attached hydrogens (tertiary/aromatic N) is 3. The van der Waals surface area contributed by atoms with Gasteiger partial charge in [-0.2, -0.15) is 0 Å². The van der Waals surface area contributed by atoms with Crippen molar-refractivity contribution in [1.82, 2.24) is 9.80 Å². The highest BCUT2D eigenvalue weighted by Gasteiger charge is 2.60. The fourth-order valence-electron chi connectivity index (χ4n) is 5.29. The second kappa shape index (κ2) is 7.48. The van der Waals surface area contributed by atoms with Gasteiger partial charge in [0.25, 0.3) is 0 Å². The number of thioether (sulfide) groups is 1. The topological polar surface area (TPSA) is 145 Å². The van der Waals surface area contributed by atoms with Gasteiger partial charge in [0.2, 0.25) is 5.91 Å². The molecule has 1 saturated carbocycles. The molecule has 1 amide bonds. The van der Waals surface area contributed by atoms with E-state index >= 15 is 0 Å². The molecule has 1 aliphatic carbocycles. The minimum atomic E-state index is -1.06. The summed E-state index contributed by atoms with van der Waals surface area (Å²) in [6.45, 7) is 5.35. The summed E-state index contributed by atoms with van der Waals surface area (Å²) in [5.41, 5.74) is 11.1. The Hall–Kier alpha value is -1.78. The average Bonchev–Trinajstić information content (AvgIpc) is 3.11. The molecule has 3 fully saturated rings. The molecule has 0 aromatic rings. The normalized spacial score (nSPS) is 35.9. The Morgan fingerprint density at radius 1 is 1.31 bits per heavy atom. The summed E-state index contributed by atoms with van der Waals surface area (Å²) in [5.74, 6) is -1.79. The van der Waals surface area contributed by atoms with Crippen molar-refractivity contribution in [3.05, 3.63) is 10.6 Å². The number of β-lactam (4-membered cyclic amide) rings is 1. The summed E-state index contributed by atoms with van der Waals surface area (Å²) in [5, 5.41) is 20.0. The molecule has 0 radical (unpaired) electrons. The summed E-state index contributed by atoms with van der Waals surface area (Å²) >= 11 is 1.59. The Morgan fingerprint density at radius 3 is 2.59 bits per heavy atom. The van der Waals surface area contributed by atoms with Crippen LogP contribution >= 0.6 is 11.8 Å². The van der Waals surface area contributed by atoms with Crippen LogP contribution < -0.4 is 11.5 Å². The maximum atomic E-state index is 12.4. The number of hydrogen-bond acceptors (Lipinski definition) is 6. The molecule has 160 valence electrons. The number of carboxylic acids is 1. The highest BCUT2D eigenvalue weighted by molar-refractivity contribution is 8.03. The molecular formula is C19H29N5O4S. The third-order valence-electron chi connectivity index (χ3n) is 6.71. The van der Waals surface area contributed by atoms with E-state index in [1.807, 2.05) is 6.92 Å². The maximum absolute atomic E-state index is 12.4. The number of fused-ring (bicyclic) bond motifs is 1. The Morgan fingerprint density at radius 2 is 2.00 bits per heavy atom. The number of hydrogen-bond donors (Lipinski definition) is 4. The summed E-state index contributed by atoms with van der Waals surface area (Å²) in [6, 6.07) is 0.414. The van der Waals surface area contributed by atoms with Crippen LogP contribution in [0.5, 0.6) is 0 Å². The van der Waals surface area contributed by atoms with Gasteiger partial charge in [-0.05, 0) is 26.2 Å². The largest absolute Gasteiger partial charge is 0.477 e. The van der Waals surface area contributed by atoms with E-state index in [0.717, 1.165) is 37.3 Å². The number of carbonyl (C=O) groups is 2. The van der Waals surface area contributed by atoms with Crippen LogP contribution in [0.2, 0.25) is 0 Å². The third-order valence-corrected chi connectivity index (χ3v) is 8.16. The third kappa shape index (κ3) is 3.40. The molecule has 0 spiro atoms. The van der Waals surface area contributed by atoms with Crippen molar-refractivity contribution in [2.45, 2.75) is 62.6 Å². The van der Waals surface area contributed by atoms with Crippen molar-refractivity contribution in [1.29, 1.82) is 0 Å². The number of aliphatic imine (C=N–C) groups is 1. The molecular weight excluding hydrogens is 394 g/mol. The van der Waals surface area contributed by atoms with Gasteiger partial charge in [0.05, 0.1) is 24.1 Å². The summed E-state index contributed by atoms with van der Waals surface area (Å²) in [7, 11) is 0. The second-order valence-electron chi connectivity index (χ2n) is 8.64. The first-order chi connectivity index (χ1) is 13.7. The minimum absolute atomic E-state index is 0.0739. The number of nitrogens with two attached hydrogens (primary N) is 2. The van der Waals surface area contributed by atoms with Crippen LogP contribution in [0.4, 0.5) is 0 Å². The van der Waals surface area contributed by atoms with Gasteiger partial charge >= 0.3 is 5.97 Å². The van der Waals surface area contributed by atoms with E-state index in [9.17, 15) is 19.8 Å². The van der Waals surface area contributed by atoms with E-state index in [1.165, 1.54) is 4.90 Å². The number of aliphatic hydroxyl groups excluding tert-OH is 1. The molecule has 0 aromatic carbocycles. The zero-order valence-electron chi connectivity index (χ0n) is 16.7. The summed E-state index contributed by atoms with van der Waals surface area (Å²) < 4.78 is 0. The first-order valence-corrected chi connectivity index (χ1v) is 11.0. The van der Waals surface area contributed by atoms with E-state index in [1.54, 1.807) is 18.7 Å². The standard InChI is InChI=1S/C19H29N5O4S/c1-8-14-13(9(2)25)17(26)24(14)15(18(27)28)16(8)29-12-6-23(7-12)11-4-3-10(5-11)22-19(20)21/h8-14,25H,3-7H2,1-2H3,(H,27,28)(H4,20,21,22)/t8-,9-,10+,11+,13-,14-/m1/s1. The van der Waals surface area contributed by atoms with Crippen molar-refractivity contribution < 1.29 is 19.8 Å². The van der Waals surface area contributed by atoms with Gasteiger partial charge in [0.15, 0.2) is 5.96 Å². The van der Waals surface area contributed by atoms with E-state index in [-0.39, 0.29) is 35.6 Å². The molecule has 0 bridgehead atoms.